The molecule has 0 saturated carbocycles. The van der Waals surface area contributed by atoms with Crippen LogP contribution < -0.4 is 16.9 Å². The van der Waals surface area contributed by atoms with Crippen LogP contribution in [-0.2, 0) is 13.6 Å². The highest BCUT2D eigenvalue weighted by atomic mass is 16.2. The first-order valence-corrected chi connectivity index (χ1v) is 4.87. The summed E-state index contributed by atoms with van der Waals surface area (Å²) in [4.78, 5) is 39.2. The first-order valence-electron chi connectivity index (χ1n) is 4.87. The molecule has 0 fully saturated rings. The average molecular weight is 234 g/mol. The quantitative estimate of drug-likeness (QED) is 0.603. The Morgan fingerprint density at radius 2 is 1.88 bits per heavy atom. The number of aromatic amines is 2. The summed E-state index contributed by atoms with van der Waals surface area (Å²) in [5.74, 6) is 5.34. The fraction of sp³-hybridized carbons (Fsp3) is 0.300. The van der Waals surface area contributed by atoms with Gasteiger partial charge in [-0.1, -0.05) is 5.92 Å². The van der Waals surface area contributed by atoms with Crippen LogP contribution in [0.15, 0.2) is 14.4 Å². The van der Waals surface area contributed by atoms with Gasteiger partial charge in [0.15, 0.2) is 5.52 Å². The summed E-state index contributed by atoms with van der Waals surface area (Å²) in [7, 11) is 1.46. The fourth-order valence-corrected chi connectivity index (χ4v) is 1.58. The predicted octanol–water partition coefficient (Wildman–Crippen LogP) is -1.26. The molecule has 0 aromatic carbocycles. The van der Waals surface area contributed by atoms with E-state index in [2.05, 4.69) is 21.8 Å². The standard InChI is InChI=1S/C10H10N4O3/c1-3-4-5-14-6-7(11-10(14)17)13(2)9(16)12-8(6)15/h5H2,1-2H3,(H,11,17)(H,12,15,16). The molecule has 0 spiro atoms. The normalized spacial score (nSPS) is 10.2. The monoisotopic (exact) mass is 234 g/mol. The summed E-state index contributed by atoms with van der Waals surface area (Å²) in [5, 5.41) is 0. The molecule has 2 rings (SSSR count). The van der Waals surface area contributed by atoms with Crippen molar-refractivity contribution in [3.8, 4) is 11.8 Å². The fourth-order valence-electron chi connectivity index (χ4n) is 1.58. The zero-order valence-corrected chi connectivity index (χ0v) is 9.33. The molecule has 7 nitrogen and oxygen atoms in total. The second-order valence-electron chi connectivity index (χ2n) is 3.46. The minimum Gasteiger partial charge on any atom is -0.291 e. The third-order valence-electron chi connectivity index (χ3n) is 2.45. The van der Waals surface area contributed by atoms with Gasteiger partial charge in [0.25, 0.3) is 5.56 Å². The van der Waals surface area contributed by atoms with Crippen LogP contribution in [0.25, 0.3) is 11.2 Å². The number of hydrogen-bond donors (Lipinski definition) is 2. The third-order valence-corrected chi connectivity index (χ3v) is 2.45. The Bertz CT molecular complexity index is 806. The first kappa shape index (κ1) is 11.0. The van der Waals surface area contributed by atoms with E-state index in [0.29, 0.717) is 0 Å². The summed E-state index contributed by atoms with van der Waals surface area (Å²) >= 11 is 0. The van der Waals surface area contributed by atoms with Gasteiger partial charge in [0.2, 0.25) is 0 Å². The summed E-state index contributed by atoms with van der Waals surface area (Å²) < 4.78 is 2.37. The molecule has 17 heavy (non-hydrogen) atoms. The smallest absolute Gasteiger partial charge is 0.291 e. The van der Waals surface area contributed by atoms with Gasteiger partial charge in [-0.05, 0) is 6.92 Å². The molecule has 2 N–H and O–H groups in total. The number of hydrogen-bond acceptors (Lipinski definition) is 3. The molecule has 2 aromatic heterocycles. The van der Waals surface area contributed by atoms with Crippen LogP contribution >= 0.6 is 0 Å². The summed E-state index contributed by atoms with van der Waals surface area (Å²) in [6.07, 6.45) is 0. The lowest BCUT2D eigenvalue weighted by Crippen LogP contribution is -2.29. The van der Waals surface area contributed by atoms with E-state index in [9.17, 15) is 14.4 Å². The maximum Gasteiger partial charge on any atom is 0.329 e. The van der Waals surface area contributed by atoms with Gasteiger partial charge in [-0.2, -0.15) is 0 Å². The van der Waals surface area contributed by atoms with Crippen molar-refractivity contribution in [2.75, 3.05) is 0 Å². The molecule has 2 heterocycles. The van der Waals surface area contributed by atoms with E-state index in [1.165, 1.54) is 16.2 Å². The Labute approximate surface area is 94.7 Å². The van der Waals surface area contributed by atoms with Gasteiger partial charge in [-0.15, -0.1) is 5.92 Å². The Kier molecular flexibility index (Phi) is 2.48. The molecule has 88 valence electrons. The van der Waals surface area contributed by atoms with Crippen molar-refractivity contribution in [1.29, 1.82) is 0 Å². The molecule has 0 bridgehead atoms. The Balaban J connectivity index is 2.95. The highest BCUT2D eigenvalue weighted by Crippen LogP contribution is 1.99. The molecule has 0 saturated heterocycles. The second kappa shape index (κ2) is 3.83. The van der Waals surface area contributed by atoms with E-state index in [-0.39, 0.29) is 17.7 Å². The van der Waals surface area contributed by atoms with Crippen LogP contribution in [0.1, 0.15) is 6.92 Å². The van der Waals surface area contributed by atoms with Crippen LogP contribution in [0.5, 0.6) is 0 Å². The zero-order chi connectivity index (χ0) is 12.6. The largest absolute Gasteiger partial charge is 0.329 e. The lowest BCUT2D eigenvalue weighted by atomic mass is 10.5. The SMILES string of the molecule is CC#CCn1c(=O)[nH]c2c1c(=O)[nH]c(=O)n2C. The molecule has 0 unspecified atom stereocenters. The molecule has 2 aromatic rings. The number of aromatic nitrogens is 4. The highest BCUT2D eigenvalue weighted by Gasteiger charge is 2.12. The number of imidazole rings is 1. The molecule has 0 aliphatic rings. The van der Waals surface area contributed by atoms with Gasteiger partial charge >= 0.3 is 11.4 Å². The summed E-state index contributed by atoms with van der Waals surface area (Å²) in [5.41, 5.74) is -1.31. The Morgan fingerprint density at radius 1 is 1.18 bits per heavy atom. The minimum absolute atomic E-state index is 0.108. The van der Waals surface area contributed by atoms with E-state index in [4.69, 9.17) is 0 Å². The second-order valence-corrected chi connectivity index (χ2v) is 3.46. The van der Waals surface area contributed by atoms with Crippen LogP contribution in [0, 0.1) is 11.8 Å². The lowest BCUT2D eigenvalue weighted by molar-refractivity contribution is 0.812. The number of rotatable bonds is 1. The van der Waals surface area contributed by atoms with Crippen molar-refractivity contribution >= 4 is 11.2 Å². The van der Waals surface area contributed by atoms with Crippen molar-refractivity contribution in [3.05, 3.63) is 31.3 Å². The Morgan fingerprint density at radius 3 is 2.53 bits per heavy atom. The summed E-state index contributed by atoms with van der Waals surface area (Å²) in [6.45, 7) is 1.75. The van der Waals surface area contributed by atoms with Crippen LogP contribution in [0.2, 0.25) is 0 Å². The molecular formula is C10H10N4O3. The van der Waals surface area contributed by atoms with Crippen LogP contribution in [-0.4, -0.2) is 19.1 Å². The number of nitrogens with one attached hydrogen (secondary N) is 2. The molecule has 0 aliphatic carbocycles. The average Bonchev–Trinajstić information content (AvgIpc) is 2.61. The van der Waals surface area contributed by atoms with Gasteiger partial charge in [-0.25, -0.2) is 9.59 Å². The number of aryl methyl sites for hydroxylation is 1. The van der Waals surface area contributed by atoms with E-state index >= 15 is 0 Å². The van der Waals surface area contributed by atoms with E-state index in [1.807, 2.05) is 0 Å². The lowest BCUT2D eigenvalue weighted by Gasteiger charge is -1.99. The number of H-pyrrole nitrogens is 2. The van der Waals surface area contributed by atoms with Crippen LogP contribution in [0.4, 0.5) is 0 Å². The molecular weight excluding hydrogens is 224 g/mol. The van der Waals surface area contributed by atoms with Gasteiger partial charge in [0.1, 0.15) is 5.65 Å². The van der Waals surface area contributed by atoms with Gasteiger partial charge in [0.05, 0.1) is 6.54 Å². The number of nitrogens with zero attached hydrogens (tertiary/aromatic N) is 2. The zero-order valence-electron chi connectivity index (χ0n) is 9.33. The molecule has 0 amide bonds. The third kappa shape index (κ3) is 1.59. The minimum atomic E-state index is -0.598. The first-order chi connectivity index (χ1) is 8.06. The molecule has 7 heteroatoms. The van der Waals surface area contributed by atoms with E-state index < -0.39 is 16.9 Å². The van der Waals surface area contributed by atoms with E-state index in [0.717, 1.165) is 0 Å². The van der Waals surface area contributed by atoms with Gasteiger partial charge < -0.3 is 0 Å². The van der Waals surface area contributed by atoms with Crippen molar-refractivity contribution in [2.45, 2.75) is 13.5 Å². The van der Waals surface area contributed by atoms with Crippen molar-refractivity contribution in [1.82, 2.24) is 19.1 Å². The maximum absolute atomic E-state index is 11.7. The van der Waals surface area contributed by atoms with Gasteiger partial charge in [-0.3, -0.25) is 23.9 Å². The van der Waals surface area contributed by atoms with Crippen LogP contribution in [0.3, 0.4) is 0 Å². The molecule has 0 aliphatic heterocycles. The van der Waals surface area contributed by atoms with Crippen molar-refractivity contribution in [2.24, 2.45) is 7.05 Å². The predicted molar refractivity (Wildman–Crippen MR) is 61.9 cm³/mol. The highest BCUT2D eigenvalue weighted by molar-refractivity contribution is 5.69. The van der Waals surface area contributed by atoms with E-state index in [1.54, 1.807) is 6.92 Å². The van der Waals surface area contributed by atoms with Gasteiger partial charge in [0, 0.05) is 7.05 Å². The van der Waals surface area contributed by atoms with Crippen molar-refractivity contribution < 1.29 is 0 Å². The topological polar surface area (TPSA) is 92.7 Å². The van der Waals surface area contributed by atoms with Crippen molar-refractivity contribution in [3.63, 3.8) is 0 Å². The maximum atomic E-state index is 11.7. The molecule has 0 atom stereocenters. The Hall–Kier alpha value is -2.49. The molecule has 0 radical (unpaired) electrons. The summed E-state index contributed by atoms with van der Waals surface area (Å²) in [6, 6.07) is 0. The number of fused-ring (bicyclic) bond motifs is 1.